The number of fused-ring (bicyclic) bond motifs is 1. The molecule has 0 unspecified atom stereocenters. The average molecular weight is 162 g/mol. The third-order valence-corrected chi connectivity index (χ3v) is 1.65. The minimum Gasteiger partial charge on any atom is -0.267 e. The van der Waals surface area contributed by atoms with Gasteiger partial charge in [0, 0.05) is 0 Å². The highest BCUT2D eigenvalue weighted by Crippen LogP contribution is 2.06. The van der Waals surface area contributed by atoms with E-state index in [1.54, 1.807) is 6.20 Å². The summed E-state index contributed by atoms with van der Waals surface area (Å²) < 4.78 is 0. The maximum Gasteiger partial charge on any atom is 0.274 e. The van der Waals surface area contributed by atoms with E-state index in [-0.39, 0.29) is 5.56 Å². The Hall–Kier alpha value is -1.78. The van der Waals surface area contributed by atoms with Crippen LogP contribution in [0.15, 0.2) is 17.2 Å². The number of nitrogens with zero attached hydrogens (tertiary/aromatic N) is 3. The topological polar surface area (TPSA) is 71.5 Å². The molecule has 0 atom stereocenters. The molecule has 0 amide bonds. The highest BCUT2D eigenvalue weighted by molar-refractivity contribution is 5.78. The Balaban J connectivity index is 3.07. The maximum absolute atomic E-state index is 11.2. The molecule has 2 aromatic heterocycles. The zero-order valence-electron chi connectivity index (χ0n) is 6.40. The van der Waals surface area contributed by atoms with E-state index in [2.05, 4.69) is 20.4 Å². The summed E-state index contributed by atoms with van der Waals surface area (Å²) >= 11 is 0. The smallest absolute Gasteiger partial charge is 0.267 e. The van der Waals surface area contributed by atoms with Crippen LogP contribution in [0.2, 0.25) is 0 Å². The predicted molar refractivity (Wildman–Crippen MR) is 42.7 cm³/mol. The van der Waals surface area contributed by atoms with Crippen LogP contribution >= 0.6 is 0 Å². The van der Waals surface area contributed by atoms with Gasteiger partial charge in [-0.05, 0) is 12.5 Å². The third kappa shape index (κ3) is 0.868. The molecule has 2 heterocycles. The Morgan fingerprint density at radius 3 is 3.00 bits per heavy atom. The van der Waals surface area contributed by atoms with E-state index in [0.29, 0.717) is 10.9 Å². The number of hydrogen-bond acceptors (Lipinski definition) is 4. The fourth-order valence-electron chi connectivity index (χ4n) is 1.09. The minimum atomic E-state index is -0.222. The van der Waals surface area contributed by atoms with Crippen LogP contribution in [0.3, 0.4) is 0 Å². The van der Waals surface area contributed by atoms with E-state index in [1.807, 2.05) is 6.92 Å². The van der Waals surface area contributed by atoms with E-state index in [9.17, 15) is 4.79 Å². The molecule has 0 saturated carbocycles. The lowest BCUT2D eigenvalue weighted by atomic mass is 10.2. The van der Waals surface area contributed by atoms with Crippen LogP contribution in [-0.4, -0.2) is 20.4 Å². The normalized spacial score (nSPS) is 10.4. The van der Waals surface area contributed by atoms with Gasteiger partial charge in [0.05, 0.1) is 17.8 Å². The molecule has 0 bridgehead atoms. The molecule has 5 heteroatoms. The second-order valence-corrected chi connectivity index (χ2v) is 2.49. The van der Waals surface area contributed by atoms with Crippen molar-refractivity contribution in [2.24, 2.45) is 0 Å². The summed E-state index contributed by atoms with van der Waals surface area (Å²) in [6.07, 6.45) is 3.04. The number of rotatable bonds is 0. The van der Waals surface area contributed by atoms with Gasteiger partial charge in [-0.2, -0.15) is 10.2 Å². The van der Waals surface area contributed by atoms with Gasteiger partial charge in [-0.25, -0.2) is 5.10 Å². The molecular weight excluding hydrogens is 156 g/mol. The molecule has 2 aromatic rings. The second-order valence-electron chi connectivity index (χ2n) is 2.49. The number of aryl methyl sites for hydroxylation is 1. The Bertz CT molecular complexity index is 471. The number of H-pyrrole nitrogens is 1. The van der Waals surface area contributed by atoms with Crippen LogP contribution in [0.25, 0.3) is 10.9 Å². The molecule has 1 N–H and O–H groups in total. The molecule has 0 aromatic carbocycles. The van der Waals surface area contributed by atoms with Crippen molar-refractivity contribution in [3.05, 3.63) is 28.3 Å². The first-order valence-electron chi connectivity index (χ1n) is 3.45. The first kappa shape index (κ1) is 6.90. The molecule has 60 valence electrons. The quantitative estimate of drug-likeness (QED) is 0.592. The first-order valence-corrected chi connectivity index (χ1v) is 3.45. The maximum atomic E-state index is 11.2. The van der Waals surface area contributed by atoms with Crippen molar-refractivity contribution < 1.29 is 0 Å². The minimum absolute atomic E-state index is 0.222. The molecule has 0 aliphatic rings. The van der Waals surface area contributed by atoms with Crippen molar-refractivity contribution in [3.8, 4) is 0 Å². The molecule has 0 radical (unpaired) electrons. The van der Waals surface area contributed by atoms with Gasteiger partial charge in [-0.15, -0.1) is 5.10 Å². The number of aromatic nitrogens is 4. The van der Waals surface area contributed by atoms with Gasteiger partial charge in [0.15, 0.2) is 0 Å². The van der Waals surface area contributed by atoms with E-state index < -0.39 is 0 Å². The van der Waals surface area contributed by atoms with Gasteiger partial charge in [-0.1, -0.05) is 0 Å². The van der Waals surface area contributed by atoms with E-state index in [4.69, 9.17) is 0 Å². The molecule has 0 spiro atoms. The zero-order valence-corrected chi connectivity index (χ0v) is 6.40. The fourth-order valence-corrected chi connectivity index (χ4v) is 1.09. The SMILES string of the molecule is Cc1cnnc2cn[nH]c(=O)c12. The van der Waals surface area contributed by atoms with Crippen molar-refractivity contribution in [1.29, 1.82) is 0 Å². The van der Waals surface area contributed by atoms with Gasteiger partial charge in [0.25, 0.3) is 5.56 Å². The Morgan fingerprint density at radius 2 is 2.25 bits per heavy atom. The first-order chi connectivity index (χ1) is 5.79. The largest absolute Gasteiger partial charge is 0.274 e. The third-order valence-electron chi connectivity index (χ3n) is 1.65. The molecule has 0 aliphatic heterocycles. The van der Waals surface area contributed by atoms with Crippen LogP contribution in [0.4, 0.5) is 0 Å². The number of nitrogens with one attached hydrogen (secondary N) is 1. The molecule has 0 saturated heterocycles. The lowest BCUT2D eigenvalue weighted by Gasteiger charge is -1.95. The zero-order chi connectivity index (χ0) is 8.55. The van der Waals surface area contributed by atoms with Crippen molar-refractivity contribution >= 4 is 10.9 Å². The highest BCUT2D eigenvalue weighted by Gasteiger charge is 2.02. The fraction of sp³-hybridized carbons (Fsp3) is 0.143. The van der Waals surface area contributed by atoms with Crippen molar-refractivity contribution in [2.75, 3.05) is 0 Å². The van der Waals surface area contributed by atoms with Gasteiger partial charge in [-0.3, -0.25) is 4.79 Å². The van der Waals surface area contributed by atoms with Crippen LogP contribution in [0.1, 0.15) is 5.56 Å². The Kier molecular flexibility index (Phi) is 1.36. The van der Waals surface area contributed by atoms with Crippen LogP contribution in [-0.2, 0) is 0 Å². The molecule has 12 heavy (non-hydrogen) atoms. The lowest BCUT2D eigenvalue weighted by Crippen LogP contribution is -2.09. The second kappa shape index (κ2) is 2.37. The van der Waals surface area contributed by atoms with Gasteiger partial charge >= 0.3 is 0 Å². The van der Waals surface area contributed by atoms with Gasteiger partial charge in [0.2, 0.25) is 0 Å². The molecular formula is C7H6N4O. The lowest BCUT2D eigenvalue weighted by molar-refractivity contribution is 0.978. The standard InChI is InChI=1S/C7H6N4O/c1-4-2-8-10-5-3-9-11-7(12)6(4)5/h2-3H,1H3,(H,11,12). The summed E-state index contributed by atoms with van der Waals surface area (Å²) in [6.45, 7) is 1.81. The van der Waals surface area contributed by atoms with Crippen LogP contribution in [0, 0.1) is 6.92 Å². The van der Waals surface area contributed by atoms with E-state index in [1.165, 1.54) is 6.20 Å². The number of hydrogen-bond donors (Lipinski definition) is 1. The molecule has 2 rings (SSSR count). The van der Waals surface area contributed by atoms with E-state index >= 15 is 0 Å². The van der Waals surface area contributed by atoms with Gasteiger partial charge in [0.1, 0.15) is 5.52 Å². The summed E-state index contributed by atoms with van der Waals surface area (Å²) in [6, 6.07) is 0. The highest BCUT2D eigenvalue weighted by atomic mass is 16.1. The predicted octanol–water partition coefficient (Wildman–Crippen LogP) is 0.0215. The summed E-state index contributed by atoms with van der Waals surface area (Å²) in [5, 5.41) is 14.0. The summed E-state index contributed by atoms with van der Waals surface area (Å²) in [7, 11) is 0. The molecule has 0 aliphatic carbocycles. The Labute approximate surface area is 67.5 Å². The summed E-state index contributed by atoms with van der Waals surface area (Å²) in [5.41, 5.74) is 1.11. The Morgan fingerprint density at radius 1 is 1.42 bits per heavy atom. The van der Waals surface area contributed by atoms with Crippen molar-refractivity contribution in [2.45, 2.75) is 6.92 Å². The van der Waals surface area contributed by atoms with Crippen LogP contribution in [0.5, 0.6) is 0 Å². The van der Waals surface area contributed by atoms with Crippen LogP contribution < -0.4 is 5.56 Å². The number of aromatic amines is 1. The average Bonchev–Trinajstić information content (AvgIpc) is 2.04. The monoisotopic (exact) mass is 162 g/mol. The van der Waals surface area contributed by atoms with Crippen molar-refractivity contribution in [1.82, 2.24) is 20.4 Å². The molecule has 5 nitrogen and oxygen atoms in total. The van der Waals surface area contributed by atoms with Crippen molar-refractivity contribution in [3.63, 3.8) is 0 Å². The van der Waals surface area contributed by atoms with Gasteiger partial charge < -0.3 is 0 Å². The molecule has 0 fully saturated rings. The summed E-state index contributed by atoms with van der Waals surface area (Å²) in [4.78, 5) is 11.2. The van der Waals surface area contributed by atoms with E-state index in [0.717, 1.165) is 5.56 Å². The summed E-state index contributed by atoms with van der Waals surface area (Å²) in [5.74, 6) is 0.